The number of carbonyl (C=O) groups is 3. The summed E-state index contributed by atoms with van der Waals surface area (Å²) in [5.41, 5.74) is 0.165. The highest BCUT2D eigenvalue weighted by molar-refractivity contribution is 6.31. The molecule has 0 radical (unpaired) electrons. The van der Waals surface area contributed by atoms with Crippen LogP contribution in [0.2, 0.25) is 5.02 Å². The van der Waals surface area contributed by atoms with Gasteiger partial charge in [0.1, 0.15) is 12.4 Å². The molecule has 2 N–H and O–H groups in total. The third-order valence-corrected chi connectivity index (χ3v) is 4.57. The maximum Gasteiger partial charge on any atom is 0.255 e. The van der Waals surface area contributed by atoms with Gasteiger partial charge in [0.15, 0.2) is 23.2 Å². The smallest absolute Gasteiger partial charge is 0.255 e. The summed E-state index contributed by atoms with van der Waals surface area (Å²) in [5, 5.41) is 5.11. The SMILES string of the molecule is COc1ccc(Cl)cc1C(=O)NCC(C)C(=O)NCC(=O)COc1c(F)c(F)cc(F)c1F. The largest absolute Gasteiger partial charge is 0.496 e. The third kappa shape index (κ3) is 6.82. The molecule has 0 saturated carbocycles. The number of methoxy groups -OCH3 is 1. The summed E-state index contributed by atoms with van der Waals surface area (Å²) >= 11 is 5.88. The van der Waals surface area contributed by atoms with Crippen molar-refractivity contribution >= 4 is 29.2 Å². The number of carbonyl (C=O) groups excluding carboxylic acids is 3. The molecule has 0 fully saturated rings. The van der Waals surface area contributed by atoms with Gasteiger partial charge in [-0.15, -0.1) is 0 Å². The number of nitrogens with one attached hydrogen (secondary N) is 2. The van der Waals surface area contributed by atoms with E-state index in [4.69, 9.17) is 16.3 Å². The van der Waals surface area contributed by atoms with E-state index < -0.39 is 65.7 Å². The maximum absolute atomic E-state index is 13.5. The molecule has 0 saturated heterocycles. The number of hydrogen-bond acceptors (Lipinski definition) is 5. The van der Waals surface area contributed by atoms with Gasteiger partial charge in [0.05, 0.1) is 25.1 Å². The molecule has 0 aliphatic rings. The van der Waals surface area contributed by atoms with Gasteiger partial charge in [0.25, 0.3) is 5.91 Å². The minimum atomic E-state index is -1.79. The van der Waals surface area contributed by atoms with Crippen LogP contribution >= 0.6 is 11.6 Å². The number of ketones is 1. The highest BCUT2D eigenvalue weighted by Crippen LogP contribution is 2.26. The summed E-state index contributed by atoms with van der Waals surface area (Å²) in [6.07, 6.45) is 0. The Morgan fingerprint density at radius 1 is 1.03 bits per heavy atom. The number of benzene rings is 2. The quantitative estimate of drug-likeness (QED) is 0.394. The number of hydrogen-bond donors (Lipinski definition) is 2. The molecule has 0 aliphatic heterocycles. The van der Waals surface area contributed by atoms with E-state index in [0.717, 1.165) is 0 Å². The average molecular weight is 491 g/mol. The standard InChI is InChI=1S/C21H19ClF4N2O5/c1-10(7-27-21(31)13-5-11(22)3-4-16(13)32-2)20(30)28-8-12(29)9-33-19-17(25)14(23)6-15(24)18(19)26/h3-6,10H,7-9H2,1-2H3,(H,27,31)(H,28,30). The Kier molecular flexibility index (Phi) is 9.03. The number of rotatable bonds is 10. The normalized spacial score (nSPS) is 11.5. The van der Waals surface area contributed by atoms with Gasteiger partial charge in [-0.2, -0.15) is 8.78 Å². The van der Waals surface area contributed by atoms with Crippen molar-refractivity contribution < 1.29 is 41.4 Å². The van der Waals surface area contributed by atoms with E-state index in [1.165, 1.54) is 26.2 Å². The van der Waals surface area contributed by atoms with Crippen LogP contribution in [0.15, 0.2) is 24.3 Å². The lowest BCUT2D eigenvalue weighted by molar-refractivity contribution is -0.128. The Labute approximate surface area is 191 Å². The predicted molar refractivity (Wildman–Crippen MR) is 109 cm³/mol. The van der Waals surface area contributed by atoms with Crippen LogP contribution in [-0.2, 0) is 9.59 Å². The van der Waals surface area contributed by atoms with Gasteiger partial charge in [-0.25, -0.2) is 8.78 Å². The van der Waals surface area contributed by atoms with Crippen molar-refractivity contribution in [3.63, 3.8) is 0 Å². The minimum absolute atomic E-state index is 0.00219. The zero-order valence-corrected chi connectivity index (χ0v) is 18.2. The lowest BCUT2D eigenvalue weighted by Gasteiger charge is -2.14. The van der Waals surface area contributed by atoms with Crippen molar-refractivity contribution in [1.82, 2.24) is 10.6 Å². The van der Waals surface area contributed by atoms with Gasteiger partial charge in [0.2, 0.25) is 17.5 Å². The van der Waals surface area contributed by atoms with Crippen LogP contribution in [0.25, 0.3) is 0 Å². The third-order valence-electron chi connectivity index (χ3n) is 4.33. The van der Waals surface area contributed by atoms with Gasteiger partial charge >= 0.3 is 0 Å². The molecule has 2 rings (SSSR count). The number of halogens is 5. The van der Waals surface area contributed by atoms with Gasteiger partial charge in [0, 0.05) is 17.6 Å². The fraction of sp³-hybridized carbons (Fsp3) is 0.286. The molecule has 0 aromatic heterocycles. The highest BCUT2D eigenvalue weighted by Gasteiger charge is 2.22. The van der Waals surface area contributed by atoms with Crippen LogP contribution in [0.5, 0.6) is 11.5 Å². The average Bonchev–Trinajstić information content (AvgIpc) is 2.79. The first-order valence-electron chi connectivity index (χ1n) is 9.42. The Bertz CT molecular complexity index is 1040. The van der Waals surface area contributed by atoms with Gasteiger partial charge in [-0.3, -0.25) is 14.4 Å². The van der Waals surface area contributed by atoms with E-state index in [1.807, 2.05) is 0 Å². The van der Waals surface area contributed by atoms with Crippen LogP contribution in [0.3, 0.4) is 0 Å². The van der Waals surface area contributed by atoms with Crippen molar-refractivity contribution in [3.05, 3.63) is 58.1 Å². The molecule has 33 heavy (non-hydrogen) atoms. The van der Waals surface area contributed by atoms with E-state index in [9.17, 15) is 31.9 Å². The second kappa shape index (κ2) is 11.5. The Morgan fingerprint density at radius 2 is 1.67 bits per heavy atom. The van der Waals surface area contributed by atoms with Crippen LogP contribution in [0, 0.1) is 29.2 Å². The molecule has 12 heteroatoms. The lowest BCUT2D eigenvalue weighted by atomic mass is 10.1. The monoisotopic (exact) mass is 490 g/mol. The first kappa shape index (κ1) is 25.9. The molecule has 2 aromatic rings. The van der Waals surface area contributed by atoms with Crippen LogP contribution in [0.1, 0.15) is 17.3 Å². The summed E-state index contributed by atoms with van der Waals surface area (Å²) < 4.78 is 62.9. The number of Topliss-reactive ketones (excluding diaryl/α,β-unsaturated/α-hetero) is 1. The molecular weight excluding hydrogens is 472 g/mol. The molecule has 0 spiro atoms. The minimum Gasteiger partial charge on any atom is -0.496 e. The van der Waals surface area contributed by atoms with Crippen LogP contribution in [-0.4, -0.2) is 44.4 Å². The molecule has 1 atom stereocenters. The number of amides is 2. The molecule has 1 unspecified atom stereocenters. The first-order valence-corrected chi connectivity index (χ1v) is 9.79. The van der Waals surface area contributed by atoms with Crippen molar-refractivity contribution in [1.29, 1.82) is 0 Å². The predicted octanol–water partition coefficient (Wildman–Crippen LogP) is 3.04. The van der Waals surface area contributed by atoms with E-state index in [1.54, 1.807) is 6.07 Å². The number of ether oxygens (including phenoxy) is 2. The molecule has 2 aromatic carbocycles. The summed E-state index contributed by atoms with van der Waals surface area (Å²) in [7, 11) is 1.38. The fourth-order valence-electron chi connectivity index (χ4n) is 2.53. The van der Waals surface area contributed by atoms with Crippen molar-refractivity contribution in [2.24, 2.45) is 5.92 Å². The van der Waals surface area contributed by atoms with Crippen molar-refractivity contribution in [3.8, 4) is 11.5 Å². The molecular formula is C21H19ClF4N2O5. The Morgan fingerprint density at radius 3 is 2.27 bits per heavy atom. The molecule has 0 aliphatic carbocycles. The molecule has 7 nitrogen and oxygen atoms in total. The van der Waals surface area contributed by atoms with Gasteiger partial charge < -0.3 is 20.1 Å². The zero-order valence-electron chi connectivity index (χ0n) is 17.4. The summed E-state index contributed by atoms with van der Waals surface area (Å²) in [4.78, 5) is 36.3. The van der Waals surface area contributed by atoms with E-state index >= 15 is 0 Å². The topological polar surface area (TPSA) is 93.7 Å². The Balaban J connectivity index is 1.83. The van der Waals surface area contributed by atoms with Crippen molar-refractivity contribution in [2.75, 3.05) is 26.8 Å². The van der Waals surface area contributed by atoms with E-state index in [0.29, 0.717) is 5.02 Å². The van der Waals surface area contributed by atoms with Gasteiger partial charge in [-0.1, -0.05) is 18.5 Å². The second-order valence-electron chi connectivity index (χ2n) is 6.80. The highest BCUT2D eigenvalue weighted by atomic mass is 35.5. The summed E-state index contributed by atoms with van der Waals surface area (Å²) in [6.45, 7) is -0.146. The lowest BCUT2D eigenvalue weighted by Crippen LogP contribution is -2.40. The van der Waals surface area contributed by atoms with Gasteiger partial charge in [-0.05, 0) is 18.2 Å². The van der Waals surface area contributed by atoms with E-state index in [2.05, 4.69) is 15.4 Å². The molecule has 0 heterocycles. The first-order chi connectivity index (χ1) is 15.5. The van der Waals surface area contributed by atoms with Crippen LogP contribution in [0.4, 0.5) is 17.6 Å². The molecule has 0 bridgehead atoms. The van der Waals surface area contributed by atoms with E-state index in [-0.39, 0.29) is 23.9 Å². The summed E-state index contributed by atoms with van der Waals surface area (Å²) in [6, 6.07) is 4.45. The molecule has 2 amide bonds. The summed E-state index contributed by atoms with van der Waals surface area (Å²) in [5.74, 6) is -10.8. The maximum atomic E-state index is 13.5. The second-order valence-corrected chi connectivity index (χ2v) is 7.23. The zero-order chi connectivity index (χ0) is 24.7. The Hall–Kier alpha value is -3.34. The van der Waals surface area contributed by atoms with Crippen molar-refractivity contribution in [2.45, 2.75) is 6.92 Å². The molecule has 178 valence electrons. The van der Waals surface area contributed by atoms with Crippen LogP contribution < -0.4 is 20.1 Å². The fourth-order valence-corrected chi connectivity index (χ4v) is 2.71.